The number of amides is 2. The van der Waals surface area contributed by atoms with Crippen LogP contribution in [0, 0.1) is 0 Å². The van der Waals surface area contributed by atoms with Crippen molar-refractivity contribution < 1.29 is 14.3 Å². The standard InChI is InChI=1S/C38H40N2O3/c1-27(2)33-16-10-17-34(28(3)4)37(33)40-38(42)39-26-30-19-21-31(22-20-30)35(41)24-23-32-15-8-9-18-36(32)43-25-11-14-29-12-6-5-7-13-29/h5-24,27-28H,25-26H2,1-4H3,(H2,39,40,42). The Morgan fingerprint density at radius 2 is 1.40 bits per heavy atom. The maximum Gasteiger partial charge on any atom is 0.319 e. The van der Waals surface area contributed by atoms with Gasteiger partial charge >= 0.3 is 6.03 Å². The highest BCUT2D eigenvalue weighted by atomic mass is 16.5. The maximum absolute atomic E-state index is 12.9. The molecule has 0 saturated carbocycles. The number of rotatable bonds is 12. The van der Waals surface area contributed by atoms with Gasteiger partial charge in [-0.1, -0.05) is 125 Å². The Morgan fingerprint density at radius 3 is 2.07 bits per heavy atom. The van der Waals surface area contributed by atoms with Gasteiger partial charge in [0.25, 0.3) is 0 Å². The van der Waals surface area contributed by atoms with E-state index >= 15 is 0 Å². The molecule has 5 nitrogen and oxygen atoms in total. The molecule has 2 amide bonds. The lowest BCUT2D eigenvalue weighted by atomic mass is 9.93. The van der Waals surface area contributed by atoms with E-state index in [0.717, 1.165) is 33.5 Å². The molecular weight excluding hydrogens is 532 g/mol. The molecule has 220 valence electrons. The summed E-state index contributed by atoms with van der Waals surface area (Å²) in [6.07, 6.45) is 7.32. The molecule has 0 aliphatic heterocycles. The summed E-state index contributed by atoms with van der Waals surface area (Å²) in [6, 6.07) is 30.9. The number of benzene rings is 4. The second kappa shape index (κ2) is 15.4. The Bertz CT molecular complexity index is 1540. The minimum atomic E-state index is -0.255. The Balaban J connectivity index is 1.32. The minimum absolute atomic E-state index is 0.109. The van der Waals surface area contributed by atoms with Crippen LogP contribution >= 0.6 is 0 Å². The van der Waals surface area contributed by atoms with Crippen LogP contribution in [0.1, 0.15) is 77.7 Å². The molecule has 0 aliphatic rings. The third-order valence-corrected chi connectivity index (χ3v) is 7.08. The van der Waals surface area contributed by atoms with Crippen LogP contribution in [0.2, 0.25) is 0 Å². The van der Waals surface area contributed by atoms with Crippen LogP contribution in [0.15, 0.2) is 109 Å². The Labute approximate surface area is 255 Å². The van der Waals surface area contributed by atoms with E-state index in [2.05, 4.69) is 50.5 Å². The smallest absolute Gasteiger partial charge is 0.319 e. The summed E-state index contributed by atoms with van der Waals surface area (Å²) >= 11 is 0. The normalized spacial score (nSPS) is 11.4. The Morgan fingerprint density at radius 1 is 0.744 bits per heavy atom. The first kappa shape index (κ1) is 31.0. The van der Waals surface area contributed by atoms with Gasteiger partial charge in [0.1, 0.15) is 12.4 Å². The molecule has 4 aromatic carbocycles. The monoisotopic (exact) mass is 572 g/mol. The topological polar surface area (TPSA) is 67.4 Å². The zero-order chi connectivity index (χ0) is 30.6. The van der Waals surface area contributed by atoms with Crippen LogP contribution < -0.4 is 15.4 Å². The van der Waals surface area contributed by atoms with E-state index in [1.807, 2.05) is 84.9 Å². The van der Waals surface area contributed by atoms with Crippen molar-refractivity contribution >= 4 is 29.7 Å². The molecule has 4 rings (SSSR count). The van der Waals surface area contributed by atoms with E-state index in [-0.39, 0.29) is 23.7 Å². The molecule has 0 aromatic heterocycles. The van der Waals surface area contributed by atoms with E-state index < -0.39 is 0 Å². The molecular formula is C38H40N2O3. The number of allylic oxidation sites excluding steroid dienone is 1. The number of ketones is 1. The fraction of sp³-hybridized carbons (Fsp3) is 0.211. The van der Waals surface area contributed by atoms with Crippen molar-refractivity contribution in [2.45, 2.75) is 46.1 Å². The van der Waals surface area contributed by atoms with Gasteiger partial charge in [-0.3, -0.25) is 4.79 Å². The van der Waals surface area contributed by atoms with Gasteiger partial charge in [-0.25, -0.2) is 4.79 Å². The van der Waals surface area contributed by atoms with Crippen molar-refractivity contribution in [2.24, 2.45) is 0 Å². The Hall–Kier alpha value is -4.90. The number of anilines is 1. The van der Waals surface area contributed by atoms with Crippen LogP contribution in [0.4, 0.5) is 10.5 Å². The number of carbonyl (C=O) groups is 2. The molecule has 0 bridgehead atoms. The van der Waals surface area contributed by atoms with Crippen molar-refractivity contribution in [1.29, 1.82) is 0 Å². The van der Waals surface area contributed by atoms with Gasteiger partial charge in [0.2, 0.25) is 0 Å². The van der Waals surface area contributed by atoms with Crippen molar-refractivity contribution in [3.63, 3.8) is 0 Å². The average Bonchev–Trinajstić information content (AvgIpc) is 3.02. The molecule has 0 unspecified atom stereocenters. The number of urea groups is 1. The van der Waals surface area contributed by atoms with Gasteiger partial charge < -0.3 is 15.4 Å². The molecule has 43 heavy (non-hydrogen) atoms. The first-order chi connectivity index (χ1) is 20.8. The Kier molecular flexibility index (Phi) is 11.1. The van der Waals surface area contributed by atoms with Gasteiger partial charge in [-0.15, -0.1) is 0 Å². The largest absolute Gasteiger partial charge is 0.489 e. The fourth-order valence-electron chi connectivity index (χ4n) is 4.72. The van der Waals surface area contributed by atoms with Gasteiger partial charge in [0.15, 0.2) is 5.78 Å². The fourth-order valence-corrected chi connectivity index (χ4v) is 4.72. The van der Waals surface area contributed by atoms with E-state index in [1.165, 1.54) is 0 Å². The van der Waals surface area contributed by atoms with Crippen molar-refractivity contribution in [2.75, 3.05) is 11.9 Å². The van der Waals surface area contributed by atoms with Crippen LogP contribution in [-0.2, 0) is 6.54 Å². The number of hydrogen-bond acceptors (Lipinski definition) is 3. The molecule has 0 heterocycles. The zero-order valence-corrected chi connectivity index (χ0v) is 25.3. The van der Waals surface area contributed by atoms with Gasteiger partial charge in [-0.2, -0.15) is 0 Å². The summed E-state index contributed by atoms with van der Waals surface area (Å²) in [5.74, 6) is 1.18. The molecule has 0 saturated heterocycles. The molecule has 4 aromatic rings. The molecule has 5 heteroatoms. The highest BCUT2D eigenvalue weighted by molar-refractivity contribution is 6.07. The predicted molar refractivity (Wildman–Crippen MR) is 178 cm³/mol. The molecule has 0 atom stereocenters. The van der Waals surface area contributed by atoms with Gasteiger partial charge in [0, 0.05) is 23.4 Å². The lowest BCUT2D eigenvalue weighted by Gasteiger charge is -2.20. The lowest BCUT2D eigenvalue weighted by molar-refractivity contribution is 0.104. The summed E-state index contributed by atoms with van der Waals surface area (Å²) < 4.78 is 5.94. The van der Waals surface area contributed by atoms with E-state index in [4.69, 9.17) is 4.74 Å². The van der Waals surface area contributed by atoms with E-state index in [1.54, 1.807) is 24.3 Å². The lowest BCUT2D eigenvalue weighted by Crippen LogP contribution is -2.29. The zero-order valence-electron chi connectivity index (χ0n) is 25.3. The number of para-hydroxylation sites is 2. The summed E-state index contributed by atoms with van der Waals surface area (Å²) in [5.41, 5.74) is 6.53. The van der Waals surface area contributed by atoms with Gasteiger partial charge in [0.05, 0.1) is 0 Å². The second-order valence-electron chi connectivity index (χ2n) is 11.0. The summed E-state index contributed by atoms with van der Waals surface area (Å²) in [6.45, 7) is 9.26. The van der Waals surface area contributed by atoms with Crippen molar-refractivity contribution in [1.82, 2.24) is 5.32 Å². The molecule has 2 N–H and O–H groups in total. The second-order valence-corrected chi connectivity index (χ2v) is 11.0. The predicted octanol–water partition coefficient (Wildman–Crippen LogP) is 9.24. The first-order valence-corrected chi connectivity index (χ1v) is 14.7. The molecule has 0 radical (unpaired) electrons. The highest BCUT2D eigenvalue weighted by Crippen LogP contribution is 2.32. The summed E-state index contributed by atoms with van der Waals surface area (Å²) in [5, 5.41) is 6.02. The quantitative estimate of drug-likeness (QED) is 0.131. The SMILES string of the molecule is CC(C)c1cccc(C(C)C)c1NC(=O)NCc1ccc(C(=O)C=Cc2ccccc2OCC=Cc2ccccc2)cc1. The van der Waals surface area contributed by atoms with E-state index in [9.17, 15) is 9.59 Å². The minimum Gasteiger partial charge on any atom is -0.489 e. The van der Waals surface area contributed by atoms with Crippen LogP contribution in [0.3, 0.4) is 0 Å². The number of nitrogens with one attached hydrogen (secondary N) is 2. The van der Waals surface area contributed by atoms with Crippen LogP contribution in [0.5, 0.6) is 5.75 Å². The maximum atomic E-state index is 12.9. The highest BCUT2D eigenvalue weighted by Gasteiger charge is 2.16. The third-order valence-electron chi connectivity index (χ3n) is 7.08. The van der Waals surface area contributed by atoms with Crippen molar-refractivity contribution in [3.8, 4) is 5.75 Å². The summed E-state index contributed by atoms with van der Waals surface area (Å²) in [4.78, 5) is 25.7. The number of hydrogen-bond donors (Lipinski definition) is 2. The summed E-state index contributed by atoms with van der Waals surface area (Å²) in [7, 11) is 0. The third kappa shape index (κ3) is 9.04. The van der Waals surface area contributed by atoms with Gasteiger partial charge in [-0.05, 0) is 58.4 Å². The molecule has 0 spiro atoms. The van der Waals surface area contributed by atoms with Crippen molar-refractivity contribution in [3.05, 3.63) is 143 Å². The molecule has 0 aliphatic carbocycles. The van der Waals surface area contributed by atoms with E-state index in [0.29, 0.717) is 24.5 Å². The van der Waals surface area contributed by atoms with Crippen LogP contribution in [0.25, 0.3) is 12.2 Å². The molecule has 0 fully saturated rings. The average molecular weight is 573 g/mol. The number of carbonyl (C=O) groups excluding carboxylic acids is 2. The first-order valence-electron chi connectivity index (χ1n) is 14.7. The van der Waals surface area contributed by atoms with Crippen LogP contribution in [-0.4, -0.2) is 18.4 Å². The number of ether oxygens (including phenoxy) is 1.